The van der Waals surface area contributed by atoms with Gasteiger partial charge in [0.25, 0.3) is 0 Å². The number of halogens is 1. The van der Waals surface area contributed by atoms with Crippen LogP contribution in [-0.2, 0) is 22.6 Å². The van der Waals surface area contributed by atoms with Crippen LogP contribution in [0.15, 0.2) is 55.1 Å². The van der Waals surface area contributed by atoms with Crippen molar-refractivity contribution in [3.05, 3.63) is 71.3 Å². The highest BCUT2D eigenvalue weighted by Crippen LogP contribution is 2.28. The lowest BCUT2D eigenvalue weighted by molar-refractivity contribution is -0.140. The number of ether oxygens (including phenoxy) is 2. The van der Waals surface area contributed by atoms with Crippen molar-refractivity contribution in [2.24, 2.45) is 0 Å². The van der Waals surface area contributed by atoms with Gasteiger partial charge in [-0.1, -0.05) is 35.9 Å². The van der Waals surface area contributed by atoms with Crippen LogP contribution in [0.3, 0.4) is 0 Å². The first-order valence-electron chi connectivity index (χ1n) is 9.53. The van der Waals surface area contributed by atoms with Gasteiger partial charge in [-0.3, -0.25) is 9.59 Å². The number of hydrogen-bond acceptors (Lipinski definition) is 4. The van der Waals surface area contributed by atoms with Crippen molar-refractivity contribution in [1.82, 2.24) is 10.2 Å². The molecule has 0 aliphatic carbocycles. The summed E-state index contributed by atoms with van der Waals surface area (Å²) in [6.45, 7) is 5.93. The lowest BCUT2D eigenvalue weighted by atomic mass is 10.1. The molecule has 0 fully saturated rings. The van der Waals surface area contributed by atoms with Gasteiger partial charge in [0, 0.05) is 18.1 Å². The summed E-state index contributed by atoms with van der Waals surface area (Å²) in [5, 5.41) is 3.36. The molecule has 0 unspecified atom stereocenters. The van der Waals surface area contributed by atoms with Crippen LogP contribution < -0.4 is 14.8 Å². The standard InChI is InChI=1S/C23H27ClN2O4/c1-5-12-25-23(28)16(2)26(15-17-6-9-19(24)10-7-17)22(27)14-18-8-11-20(29-3)21(13-18)30-4/h5-11,13,16H,1,12,14-15H2,2-4H3,(H,25,28)/t16-/m1/s1. The van der Waals surface area contributed by atoms with Crippen LogP contribution in [0.2, 0.25) is 5.02 Å². The zero-order valence-corrected chi connectivity index (χ0v) is 18.2. The van der Waals surface area contributed by atoms with Gasteiger partial charge in [0.1, 0.15) is 6.04 Å². The van der Waals surface area contributed by atoms with Crippen LogP contribution in [0.25, 0.3) is 0 Å². The van der Waals surface area contributed by atoms with Gasteiger partial charge in [-0.25, -0.2) is 0 Å². The second-order valence-corrected chi connectivity index (χ2v) is 7.16. The molecule has 0 heterocycles. The van der Waals surface area contributed by atoms with Gasteiger partial charge < -0.3 is 19.7 Å². The van der Waals surface area contributed by atoms with Gasteiger partial charge in [0.2, 0.25) is 11.8 Å². The number of carbonyl (C=O) groups is 2. The Morgan fingerprint density at radius 2 is 1.73 bits per heavy atom. The Kier molecular flexibility index (Phi) is 8.74. The van der Waals surface area contributed by atoms with E-state index in [0.29, 0.717) is 23.1 Å². The monoisotopic (exact) mass is 430 g/mol. The van der Waals surface area contributed by atoms with E-state index in [0.717, 1.165) is 11.1 Å². The molecule has 0 bridgehead atoms. The SMILES string of the molecule is C=CCNC(=O)[C@@H](C)N(Cc1ccc(Cl)cc1)C(=O)Cc1ccc(OC)c(OC)c1. The minimum absolute atomic E-state index is 0.118. The predicted molar refractivity (Wildman–Crippen MR) is 118 cm³/mol. The van der Waals surface area contributed by atoms with Crippen molar-refractivity contribution >= 4 is 23.4 Å². The summed E-state index contributed by atoms with van der Waals surface area (Å²) < 4.78 is 10.6. The van der Waals surface area contributed by atoms with Gasteiger partial charge in [-0.2, -0.15) is 0 Å². The van der Waals surface area contributed by atoms with Crippen LogP contribution in [0.1, 0.15) is 18.1 Å². The highest BCUT2D eigenvalue weighted by atomic mass is 35.5. The Balaban J connectivity index is 2.25. The molecule has 2 aromatic rings. The van der Waals surface area contributed by atoms with E-state index in [1.54, 1.807) is 56.4 Å². The van der Waals surface area contributed by atoms with E-state index < -0.39 is 6.04 Å². The van der Waals surface area contributed by atoms with E-state index in [2.05, 4.69) is 11.9 Å². The maximum Gasteiger partial charge on any atom is 0.242 e. The maximum absolute atomic E-state index is 13.2. The van der Waals surface area contributed by atoms with Crippen LogP contribution in [0.5, 0.6) is 11.5 Å². The second kappa shape index (κ2) is 11.3. The molecule has 0 aliphatic heterocycles. The van der Waals surface area contributed by atoms with Gasteiger partial charge >= 0.3 is 0 Å². The molecule has 2 rings (SSSR count). The smallest absolute Gasteiger partial charge is 0.242 e. The third-order valence-corrected chi connectivity index (χ3v) is 4.91. The minimum Gasteiger partial charge on any atom is -0.493 e. The van der Waals surface area contributed by atoms with E-state index in [9.17, 15) is 9.59 Å². The molecule has 0 aliphatic rings. The summed E-state index contributed by atoms with van der Waals surface area (Å²) in [4.78, 5) is 27.3. The van der Waals surface area contributed by atoms with Crippen LogP contribution in [-0.4, -0.2) is 43.5 Å². The first kappa shape index (κ1) is 23.3. The van der Waals surface area contributed by atoms with E-state index >= 15 is 0 Å². The summed E-state index contributed by atoms with van der Waals surface area (Å²) >= 11 is 5.97. The quantitative estimate of drug-likeness (QED) is 0.584. The maximum atomic E-state index is 13.2. The zero-order valence-electron chi connectivity index (χ0n) is 17.5. The van der Waals surface area contributed by atoms with Crippen molar-refractivity contribution in [2.75, 3.05) is 20.8 Å². The molecule has 1 N–H and O–H groups in total. The molecule has 160 valence electrons. The lowest BCUT2D eigenvalue weighted by Crippen LogP contribution is -2.48. The molecule has 0 radical (unpaired) electrons. The molecule has 0 aromatic heterocycles. The van der Waals surface area contributed by atoms with Crippen molar-refractivity contribution in [2.45, 2.75) is 25.9 Å². The molecular formula is C23H27ClN2O4. The number of amides is 2. The zero-order chi connectivity index (χ0) is 22.1. The third kappa shape index (κ3) is 6.26. The fourth-order valence-corrected chi connectivity index (χ4v) is 3.08. The van der Waals surface area contributed by atoms with Crippen molar-refractivity contribution in [3.8, 4) is 11.5 Å². The average Bonchev–Trinajstić information content (AvgIpc) is 2.76. The highest BCUT2D eigenvalue weighted by molar-refractivity contribution is 6.30. The topological polar surface area (TPSA) is 67.9 Å². The van der Waals surface area contributed by atoms with Crippen LogP contribution >= 0.6 is 11.6 Å². The Hall–Kier alpha value is -2.99. The van der Waals surface area contributed by atoms with Gasteiger partial charge in [-0.05, 0) is 42.3 Å². The Bertz CT molecular complexity index is 883. The predicted octanol–water partition coefficient (Wildman–Crippen LogP) is 3.62. The molecule has 6 nitrogen and oxygen atoms in total. The second-order valence-electron chi connectivity index (χ2n) is 6.72. The largest absolute Gasteiger partial charge is 0.493 e. The number of nitrogens with one attached hydrogen (secondary N) is 1. The summed E-state index contributed by atoms with van der Waals surface area (Å²) in [6.07, 6.45) is 1.71. The molecular weight excluding hydrogens is 404 g/mol. The number of hydrogen-bond donors (Lipinski definition) is 1. The summed E-state index contributed by atoms with van der Waals surface area (Å²) in [5.41, 5.74) is 1.64. The average molecular weight is 431 g/mol. The van der Waals surface area contributed by atoms with Crippen LogP contribution in [0, 0.1) is 0 Å². The first-order valence-corrected chi connectivity index (χ1v) is 9.90. The van der Waals surface area contributed by atoms with E-state index in [4.69, 9.17) is 21.1 Å². The van der Waals surface area contributed by atoms with Gasteiger partial charge in [0.15, 0.2) is 11.5 Å². The molecule has 30 heavy (non-hydrogen) atoms. The third-order valence-electron chi connectivity index (χ3n) is 4.66. The summed E-state index contributed by atoms with van der Waals surface area (Å²) in [6, 6.07) is 11.9. The fraction of sp³-hybridized carbons (Fsp3) is 0.304. The molecule has 0 spiro atoms. The summed E-state index contributed by atoms with van der Waals surface area (Å²) in [5.74, 6) is 0.704. The molecule has 2 aromatic carbocycles. The first-order chi connectivity index (χ1) is 14.4. The number of nitrogens with zero attached hydrogens (tertiary/aromatic N) is 1. The number of methoxy groups -OCH3 is 2. The number of rotatable bonds is 10. The molecule has 1 atom stereocenters. The van der Waals surface area contributed by atoms with Crippen molar-refractivity contribution in [1.29, 1.82) is 0 Å². The lowest BCUT2D eigenvalue weighted by Gasteiger charge is -2.29. The minimum atomic E-state index is -0.659. The van der Waals surface area contributed by atoms with Crippen molar-refractivity contribution in [3.63, 3.8) is 0 Å². The number of benzene rings is 2. The fourth-order valence-electron chi connectivity index (χ4n) is 2.96. The Morgan fingerprint density at radius 3 is 2.33 bits per heavy atom. The molecule has 0 saturated heterocycles. The van der Waals surface area contributed by atoms with Gasteiger partial charge in [0.05, 0.1) is 20.6 Å². The molecule has 0 saturated carbocycles. The molecule has 2 amide bonds. The van der Waals surface area contributed by atoms with E-state index in [1.807, 2.05) is 18.2 Å². The van der Waals surface area contributed by atoms with Crippen molar-refractivity contribution < 1.29 is 19.1 Å². The highest BCUT2D eigenvalue weighted by Gasteiger charge is 2.26. The summed E-state index contributed by atoms with van der Waals surface area (Å²) in [7, 11) is 3.10. The Morgan fingerprint density at radius 1 is 1.10 bits per heavy atom. The van der Waals surface area contributed by atoms with Gasteiger partial charge in [-0.15, -0.1) is 6.58 Å². The Labute approximate surface area is 182 Å². The normalized spacial score (nSPS) is 11.3. The van der Waals surface area contributed by atoms with Crippen LogP contribution in [0.4, 0.5) is 0 Å². The number of carbonyl (C=O) groups excluding carboxylic acids is 2. The van der Waals surface area contributed by atoms with E-state index in [1.165, 1.54) is 0 Å². The molecule has 7 heteroatoms. The van der Waals surface area contributed by atoms with E-state index in [-0.39, 0.29) is 24.8 Å².